The molecule has 0 aliphatic carbocycles. The summed E-state index contributed by atoms with van der Waals surface area (Å²) < 4.78 is 0. The van der Waals surface area contributed by atoms with E-state index in [9.17, 15) is 0 Å². The predicted molar refractivity (Wildman–Crippen MR) is 95.1 cm³/mol. The molecule has 1 aromatic heterocycles. The van der Waals surface area contributed by atoms with Gasteiger partial charge in [-0.25, -0.2) is 9.97 Å². The fraction of sp³-hybridized carbons (Fsp3) is 0.733. The Morgan fingerprint density at radius 1 is 1.00 bits per heavy atom. The fourth-order valence-corrected chi connectivity index (χ4v) is 3.18. The molecule has 7 heteroatoms. The summed E-state index contributed by atoms with van der Waals surface area (Å²) >= 11 is 0. The van der Waals surface area contributed by atoms with E-state index in [0.29, 0.717) is 6.54 Å². The summed E-state index contributed by atoms with van der Waals surface area (Å²) in [5, 5.41) is 0. The smallest absolute Gasteiger partial charge is 0.225 e. The fourth-order valence-electron chi connectivity index (χ4n) is 3.18. The highest BCUT2D eigenvalue weighted by Gasteiger charge is 2.22. The summed E-state index contributed by atoms with van der Waals surface area (Å²) in [5.41, 5.74) is 9.45. The Bertz CT molecular complexity index is 458. The average Bonchev–Trinajstić information content (AvgIpc) is 2.75. The molecule has 0 bridgehead atoms. The number of rotatable bonds is 2. The molecule has 0 amide bonds. The second kappa shape index (κ2) is 8.87. The van der Waals surface area contributed by atoms with Crippen LogP contribution in [0.3, 0.4) is 0 Å². The minimum Gasteiger partial charge on any atom is -0.341 e. The van der Waals surface area contributed by atoms with Gasteiger partial charge in [0, 0.05) is 44.7 Å². The van der Waals surface area contributed by atoms with Crippen molar-refractivity contribution in [3.63, 3.8) is 0 Å². The number of halogens is 2. The molecule has 0 aromatic carbocycles. The normalized spacial score (nSPS) is 18.7. The Labute approximate surface area is 145 Å². The summed E-state index contributed by atoms with van der Waals surface area (Å²) in [4.78, 5) is 14.3. The SMILES string of the molecule is CN1CCc2nc(N3CCCCCC3)nc(CN)c2C1.Cl.Cl. The van der Waals surface area contributed by atoms with E-state index < -0.39 is 0 Å². The van der Waals surface area contributed by atoms with Gasteiger partial charge in [-0.15, -0.1) is 24.8 Å². The van der Waals surface area contributed by atoms with Crippen LogP contribution >= 0.6 is 24.8 Å². The third-order valence-corrected chi connectivity index (χ3v) is 4.41. The van der Waals surface area contributed by atoms with Gasteiger partial charge in [0.1, 0.15) is 0 Å². The number of anilines is 1. The lowest BCUT2D eigenvalue weighted by Crippen LogP contribution is -2.32. The lowest BCUT2D eigenvalue weighted by Gasteiger charge is -2.28. The van der Waals surface area contributed by atoms with E-state index in [2.05, 4.69) is 16.8 Å². The van der Waals surface area contributed by atoms with Crippen molar-refractivity contribution in [1.82, 2.24) is 14.9 Å². The first kappa shape index (κ1) is 19.4. The number of likely N-dealkylation sites (N-methyl/N-ethyl adjacent to an activating group) is 1. The molecule has 2 N–H and O–H groups in total. The number of fused-ring (bicyclic) bond motifs is 1. The van der Waals surface area contributed by atoms with Crippen LogP contribution < -0.4 is 10.6 Å². The quantitative estimate of drug-likeness (QED) is 0.888. The highest BCUT2D eigenvalue weighted by molar-refractivity contribution is 5.85. The molecule has 1 aromatic rings. The molecule has 1 saturated heterocycles. The second-order valence-electron chi connectivity index (χ2n) is 5.99. The maximum absolute atomic E-state index is 5.92. The van der Waals surface area contributed by atoms with Crippen LogP contribution in [0.2, 0.25) is 0 Å². The monoisotopic (exact) mass is 347 g/mol. The molecule has 0 atom stereocenters. The molecule has 126 valence electrons. The van der Waals surface area contributed by atoms with Crippen LogP contribution in [-0.4, -0.2) is 41.5 Å². The van der Waals surface area contributed by atoms with Gasteiger partial charge in [-0.3, -0.25) is 0 Å². The highest BCUT2D eigenvalue weighted by Crippen LogP contribution is 2.23. The Morgan fingerprint density at radius 3 is 2.32 bits per heavy atom. The minimum atomic E-state index is 0. The summed E-state index contributed by atoms with van der Waals surface area (Å²) in [5.74, 6) is 0.913. The molecule has 0 radical (unpaired) electrons. The van der Waals surface area contributed by atoms with Crippen LogP contribution in [0.25, 0.3) is 0 Å². The summed E-state index contributed by atoms with van der Waals surface area (Å²) in [6.07, 6.45) is 6.18. The third kappa shape index (κ3) is 4.22. The number of aromatic nitrogens is 2. The van der Waals surface area contributed by atoms with E-state index in [0.717, 1.165) is 44.2 Å². The first-order valence-electron chi connectivity index (χ1n) is 7.80. The van der Waals surface area contributed by atoms with Crippen LogP contribution in [0.4, 0.5) is 5.95 Å². The molecule has 5 nitrogen and oxygen atoms in total. The van der Waals surface area contributed by atoms with E-state index in [1.54, 1.807) is 0 Å². The number of nitrogens with zero attached hydrogens (tertiary/aromatic N) is 4. The lowest BCUT2D eigenvalue weighted by atomic mass is 10.0. The average molecular weight is 348 g/mol. The van der Waals surface area contributed by atoms with Crippen molar-refractivity contribution in [2.75, 3.05) is 31.6 Å². The molecule has 0 saturated carbocycles. The van der Waals surface area contributed by atoms with E-state index in [1.165, 1.54) is 36.9 Å². The standard InChI is InChI=1S/C15H25N5.2ClH/c1-19-9-6-13-12(11-19)14(10-16)18-15(17-13)20-7-4-2-3-5-8-20;;/h2-11,16H2,1H3;2*1H. The first-order chi connectivity index (χ1) is 9.78. The van der Waals surface area contributed by atoms with Gasteiger partial charge < -0.3 is 15.5 Å². The van der Waals surface area contributed by atoms with Crippen LogP contribution in [0.5, 0.6) is 0 Å². The molecule has 2 aliphatic rings. The van der Waals surface area contributed by atoms with Crippen molar-refractivity contribution >= 4 is 30.8 Å². The second-order valence-corrected chi connectivity index (χ2v) is 5.99. The van der Waals surface area contributed by atoms with Crippen molar-refractivity contribution in [3.05, 3.63) is 17.0 Å². The summed E-state index contributed by atoms with van der Waals surface area (Å²) in [7, 11) is 2.14. The van der Waals surface area contributed by atoms with Gasteiger partial charge in [0.15, 0.2) is 0 Å². The van der Waals surface area contributed by atoms with Gasteiger partial charge in [0.25, 0.3) is 0 Å². The van der Waals surface area contributed by atoms with Crippen molar-refractivity contribution in [2.45, 2.75) is 45.2 Å². The van der Waals surface area contributed by atoms with Gasteiger partial charge in [-0.05, 0) is 19.9 Å². The molecule has 2 aliphatic heterocycles. The van der Waals surface area contributed by atoms with Crippen molar-refractivity contribution in [3.8, 4) is 0 Å². The van der Waals surface area contributed by atoms with Crippen molar-refractivity contribution in [1.29, 1.82) is 0 Å². The van der Waals surface area contributed by atoms with Crippen molar-refractivity contribution in [2.24, 2.45) is 5.73 Å². The largest absolute Gasteiger partial charge is 0.341 e. The molecule has 0 unspecified atom stereocenters. The van der Waals surface area contributed by atoms with Crippen molar-refractivity contribution < 1.29 is 0 Å². The Morgan fingerprint density at radius 2 is 1.68 bits per heavy atom. The lowest BCUT2D eigenvalue weighted by molar-refractivity contribution is 0.307. The predicted octanol–water partition coefficient (Wildman–Crippen LogP) is 2.15. The Kier molecular flexibility index (Phi) is 7.83. The molecule has 0 spiro atoms. The zero-order valence-corrected chi connectivity index (χ0v) is 14.9. The van der Waals surface area contributed by atoms with Gasteiger partial charge >= 0.3 is 0 Å². The Balaban J connectivity index is 0.00000121. The zero-order valence-electron chi connectivity index (χ0n) is 13.3. The maximum Gasteiger partial charge on any atom is 0.225 e. The van der Waals surface area contributed by atoms with Crippen LogP contribution in [0, 0.1) is 0 Å². The van der Waals surface area contributed by atoms with Gasteiger partial charge in [0.05, 0.1) is 11.4 Å². The minimum absolute atomic E-state index is 0. The first-order valence-corrected chi connectivity index (χ1v) is 7.80. The highest BCUT2D eigenvalue weighted by atomic mass is 35.5. The van der Waals surface area contributed by atoms with Gasteiger partial charge in [0.2, 0.25) is 5.95 Å². The van der Waals surface area contributed by atoms with Crippen LogP contribution in [0.15, 0.2) is 0 Å². The van der Waals surface area contributed by atoms with E-state index in [-0.39, 0.29) is 24.8 Å². The van der Waals surface area contributed by atoms with Crippen LogP contribution in [0.1, 0.15) is 42.6 Å². The Hall–Kier alpha value is -0.620. The summed E-state index contributed by atoms with van der Waals surface area (Å²) in [6.45, 7) is 4.69. The van der Waals surface area contributed by atoms with E-state index in [4.69, 9.17) is 15.7 Å². The van der Waals surface area contributed by atoms with Crippen LogP contribution in [-0.2, 0) is 19.5 Å². The zero-order chi connectivity index (χ0) is 13.9. The molecule has 22 heavy (non-hydrogen) atoms. The van der Waals surface area contributed by atoms with E-state index in [1.807, 2.05) is 0 Å². The topological polar surface area (TPSA) is 58.3 Å². The molecule has 3 heterocycles. The van der Waals surface area contributed by atoms with Gasteiger partial charge in [-0.1, -0.05) is 12.8 Å². The molecule has 1 fully saturated rings. The molecular weight excluding hydrogens is 321 g/mol. The third-order valence-electron chi connectivity index (χ3n) is 4.41. The maximum atomic E-state index is 5.92. The number of hydrogen-bond donors (Lipinski definition) is 1. The molecule has 3 rings (SSSR count). The molecular formula is C15H27Cl2N5. The summed E-state index contributed by atoms with van der Waals surface area (Å²) in [6, 6.07) is 0. The van der Waals surface area contributed by atoms with Gasteiger partial charge in [-0.2, -0.15) is 0 Å². The number of nitrogens with two attached hydrogens (primary N) is 1. The number of hydrogen-bond acceptors (Lipinski definition) is 5. The van der Waals surface area contributed by atoms with E-state index >= 15 is 0 Å².